The lowest BCUT2D eigenvalue weighted by Crippen LogP contribution is -2.39. The molecule has 0 aliphatic carbocycles. The Kier molecular flexibility index (Phi) is 6.84. The molecule has 0 aromatic heterocycles. The Balaban J connectivity index is 4.49. The molecule has 0 fully saturated rings. The van der Waals surface area contributed by atoms with Gasteiger partial charge in [0.25, 0.3) is 0 Å². The maximum absolute atomic E-state index is 12.0. The van der Waals surface area contributed by atoms with Crippen LogP contribution in [0.2, 0.25) is 0 Å². The lowest BCUT2D eigenvalue weighted by Gasteiger charge is -2.24. The van der Waals surface area contributed by atoms with E-state index >= 15 is 0 Å². The van der Waals surface area contributed by atoms with Crippen molar-refractivity contribution in [3.8, 4) is 0 Å². The molecule has 0 saturated heterocycles. The molecule has 0 rings (SSSR count). The van der Waals surface area contributed by atoms with E-state index in [-0.39, 0.29) is 18.3 Å². The van der Waals surface area contributed by atoms with Gasteiger partial charge in [-0.25, -0.2) is 8.42 Å². The van der Waals surface area contributed by atoms with Crippen molar-refractivity contribution in [2.45, 2.75) is 38.9 Å². The minimum Gasteiger partial charge on any atom is -0.468 e. The Morgan fingerprint density at radius 2 is 1.78 bits per heavy atom. The van der Waals surface area contributed by atoms with Crippen LogP contribution in [-0.2, 0) is 19.4 Å². The summed E-state index contributed by atoms with van der Waals surface area (Å²) in [4.78, 5) is 13.0. The fraction of sp³-hybridized carbons (Fsp3) is 0.917. The minimum atomic E-state index is -3.15. The zero-order chi connectivity index (χ0) is 14.4. The van der Waals surface area contributed by atoms with E-state index in [4.69, 9.17) is 0 Å². The standard InChI is InChI=1S/C12H25NO4S/c1-6-7-13(10-11(14)17-5)8-9-18(15,16)12(2,3)4/h6-10H2,1-5H3. The Labute approximate surface area is 110 Å². The van der Waals surface area contributed by atoms with Crippen LogP contribution in [0.4, 0.5) is 0 Å². The van der Waals surface area contributed by atoms with Crippen molar-refractivity contribution in [1.29, 1.82) is 0 Å². The molecule has 0 atom stereocenters. The predicted octanol–water partition coefficient (Wildman–Crippen LogP) is 1.08. The third-order valence-electron chi connectivity index (χ3n) is 2.73. The SMILES string of the molecule is CCCN(CCS(=O)(=O)C(C)(C)C)CC(=O)OC. The largest absolute Gasteiger partial charge is 0.468 e. The van der Waals surface area contributed by atoms with Crippen molar-refractivity contribution in [3.63, 3.8) is 0 Å². The summed E-state index contributed by atoms with van der Waals surface area (Å²) < 4.78 is 27.8. The van der Waals surface area contributed by atoms with Crippen molar-refractivity contribution in [2.24, 2.45) is 0 Å². The van der Waals surface area contributed by atoms with Gasteiger partial charge in [0.05, 0.1) is 24.2 Å². The molecule has 18 heavy (non-hydrogen) atoms. The summed E-state index contributed by atoms with van der Waals surface area (Å²) in [6, 6.07) is 0. The van der Waals surface area contributed by atoms with Crippen molar-refractivity contribution < 1.29 is 17.9 Å². The van der Waals surface area contributed by atoms with Crippen LogP contribution in [0.5, 0.6) is 0 Å². The molecular weight excluding hydrogens is 254 g/mol. The number of rotatable bonds is 7. The first kappa shape index (κ1) is 17.4. The van der Waals surface area contributed by atoms with E-state index < -0.39 is 14.6 Å². The van der Waals surface area contributed by atoms with E-state index in [1.54, 1.807) is 20.8 Å². The van der Waals surface area contributed by atoms with Crippen LogP contribution in [0, 0.1) is 0 Å². The second-order valence-corrected chi connectivity index (χ2v) is 8.15. The lowest BCUT2D eigenvalue weighted by atomic mass is 10.3. The van der Waals surface area contributed by atoms with Crippen LogP contribution in [-0.4, -0.2) is 56.5 Å². The predicted molar refractivity (Wildman–Crippen MR) is 72.3 cm³/mol. The number of methoxy groups -OCH3 is 1. The first-order valence-corrected chi connectivity index (χ1v) is 7.80. The highest BCUT2D eigenvalue weighted by Crippen LogP contribution is 2.16. The van der Waals surface area contributed by atoms with Gasteiger partial charge in [0.1, 0.15) is 0 Å². The van der Waals surface area contributed by atoms with Gasteiger partial charge in [-0.1, -0.05) is 6.92 Å². The van der Waals surface area contributed by atoms with Crippen molar-refractivity contribution in [3.05, 3.63) is 0 Å². The molecule has 0 saturated carbocycles. The molecule has 0 aromatic rings. The lowest BCUT2D eigenvalue weighted by molar-refractivity contribution is -0.141. The third kappa shape index (κ3) is 5.82. The number of carbonyl (C=O) groups is 1. The highest BCUT2D eigenvalue weighted by atomic mass is 32.2. The van der Waals surface area contributed by atoms with Gasteiger partial charge in [-0.2, -0.15) is 0 Å². The van der Waals surface area contributed by atoms with Crippen LogP contribution in [0.15, 0.2) is 0 Å². The fourth-order valence-corrected chi connectivity index (χ4v) is 2.50. The molecule has 0 N–H and O–H groups in total. The summed E-state index contributed by atoms with van der Waals surface area (Å²) in [6.45, 7) is 8.25. The maximum Gasteiger partial charge on any atom is 0.319 e. The molecule has 0 heterocycles. The average Bonchev–Trinajstić information content (AvgIpc) is 2.24. The molecule has 0 aromatic carbocycles. The minimum absolute atomic E-state index is 0.0630. The first-order chi connectivity index (χ1) is 8.14. The van der Waals surface area contributed by atoms with Crippen molar-refractivity contribution in [2.75, 3.05) is 32.5 Å². The van der Waals surface area contributed by atoms with Gasteiger partial charge in [0, 0.05) is 6.54 Å². The summed E-state index contributed by atoms with van der Waals surface area (Å²) >= 11 is 0. The monoisotopic (exact) mass is 279 g/mol. The topological polar surface area (TPSA) is 63.7 Å². The number of ether oxygens (including phenoxy) is 1. The summed E-state index contributed by atoms with van der Waals surface area (Å²) in [7, 11) is -1.82. The number of hydrogen-bond donors (Lipinski definition) is 0. The van der Waals surface area contributed by atoms with E-state index in [1.165, 1.54) is 7.11 Å². The van der Waals surface area contributed by atoms with Gasteiger partial charge in [-0.3, -0.25) is 9.69 Å². The number of esters is 1. The molecule has 108 valence electrons. The van der Waals surface area contributed by atoms with Gasteiger partial charge < -0.3 is 4.74 Å². The third-order valence-corrected chi connectivity index (χ3v) is 5.32. The Morgan fingerprint density at radius 3 is 2.17 bits per heavy atom. The molecule has 0 aliphatic heterocycles. The Bertz CT molecular complexity index is 357. The average molecular weight is 279 g/mol. The van der Waals surface area contributed by atoms with E-state index in [1.807, 2.05) is 11.8 Å². The van der Waals surface area contributed by atoms with Crippen LogP contribution < -0.4 is 0 Å². The zero-order valence-corrected chi connectivity index (χ0v) is 12.8. The van der Waals surface area contributed by atoms with Crippen molar-refractivity contribution in [1.82, 2.24) is 4.90 Å². The molecule has 0 amide bonds. The van der Waals surface area contributed by atoms with Gasteiger partial charge in [0.15, 0.2) is 9.84 Å². The van der Waals surface area contributed by atoms with Crippen LogP contribution in [0.1, 0.15) is 34.1 Å². The quantitative estimate of drug-likeness (QED) is 0.653. The Hall–Kier alpha value is -0.620. The molecule has 0 unspecified atom stereocenters. The normalized spacial score (nSPS) is 12.8. The van der Waals surface area contributed by atoms with Gasteiger partial charge in [-0.15, -0.1) is 0 Å². The second kappa shape index (κ2) is 7.09. The maximum atomic E-state index is 12.0. The van der Waals surface area contributed by atoms with Gasteiger partial charge >= 0.3 is 5.97 Å². The molecule has 0 aliphatic rings. The smallest absolute Gasteiger partial charge is 0.319 e. The van der Waals surface area contributed by atoms with E-state index in [0.717, 1.165) is 6.42 Å². The van der Waals surface area contributed by atoms with E-state index in [0.29, 0.717) is 13.1 Å². The molecule has 0 bridgehead atoms. The highest BCUT2D eigenvalue weighted by molar-refractivity contribution is 7.92. The van der Waals surface area contributed by atoms with Gasteiger partial charge in [0.2, 0.25) is 0 Å². The molecular formula is C12H25NO4S. The highest BCUT2D eigenvalue weighted by Gasteiger charge is 2.29. The number of sulfone groups is 1. The number of carbonyl (C=O) groups excluding carboxylic acids is 1. The molecule has 0 spiro atoms. The van der Waals surface area contributed by atoms with Crippen LogP contribution >= 0.6 is 0 Å². The molecule has 0 radical (unpaired) electrons. The van der Waals surface area contributed by atoms with E-state index in [9.17, 15) is 13.2 Å². The number of hydrogen-bond acceptors (Lipinski definition) is 5. The van der Waals surface area contributed by atoms with Crippen molar-refractivity contribution >= 4 is 15.8 Å². The summed E-state index contributed by atoms with van der Waals surface area (Å²) in [6.07, 6.45) is 0.868. The number of nitrogens with zero attached hydrogens (tertiary/aromatic N) is 1. The summed E-state index contributed by atoms with van der Waals surface area (Å²) in [5.74, 6) is -0.273. The van der Waals surface area contributed by atoms with Gasteiger partial charge in [-0.05, 0) is 33.7 Å². The summed E-state index contributed by atoms with van der Waals surface area (Å²) in [5, 5.41) is 0. The Morgan fingerprint density at radius 1 is 1.22 bits per heavy atom. The first-order valence-electron chi connectivity index (χ1n) is 6.15. The summed E-state index contributed by atoms with van der Waals surface area (Å²) in [5.41, 5.74) is 0. The second-order valence-electron chi connectivity index (χ2n) is 5.28. The fourth-order valence-electron chi connectivity index (χ4n) is 1.39. The van der Waals surface area contributed by atoms with E-state index in [2.05, 4.69) is 4.74 Å². The van der Waals surface area contributed by atoms with Crippen LogP contribution in [0.25, 0.3) is 0 Å². The molecule has 5 nitrogen and oxygen atoms in total. The van der Waals surface area contributed by atoms with Crippen LogP contribution in [0.3, 0.4) is 0 Å². The molecule has 6 heteroatoms. The zero-order valence-electron chi connectivity index (χ0n) is 12.0.